The molecule has 0 radical (unpaired) electrons. The van der Waals surface area contributed by atoms with Crippen LogP contribution < -0.4 is 10.2 Å². The Morgan fingerprint density at radius 2 is 1.50 bits per heavy atom. The molecule has 1 aromatic rings. The maximum absolute atomic E-state index is 11.8. The number of rotatable bonds is 4. The van der Waals surface area contributed by atoms with Crippen LogP contribution in [-0.4, -0.2) is 78.2 Å². The maximum atomic E-state index is 11.8. The fraction of sp³-hybridized carbons (Fsp3) is 0.286. The smallest absolute Gasteiger partial charge is 0.229 e. The largest absolute Gasteiger partial charge is 0.507 e. The molecule has 4 rings (SSSR count). The lowest BCUT2D eigenvalue weighted by Gasteiger charge is -2.39. The first-order chi connectivity index (χ1) is 15.6. The van der Waals surface area contributed by atoms with Gasteiger partial charge in [0.15, 0.2) is 34.2 Å². The Morgan fingerprint density at radius 1 is 0.853 bits per heavy atom. The molecule has 34 heavy (non-hydrogen) atoms. The highest BCUT2D eigenvalue weighted by Gasteiger charge is 2.45. The molecular weight excluding hydrogens is 480 g/mol. The summed E-state index contributed by atoms with van der Waals surface area (Å²) in [4.78, 5) is 11.8. The second-order valence-corrected chi connectivity index (χ2v) is 7.47. The summed E-state index contributed by atoms with van der Waals surface area (Å²) in [6.45, 7) is -0.702. The molecule has 0 saturated carbocycles. The van der Waals surface area contributed by atoms with Crippen LogP contribution in [-0.2, 0) is 4.74 Å². The number of phenolic OH excluding ortho intramolecular Hbond substituents is 4. The van der Waals surface area contributed by atoms with Crippen LogP contribution in [0.15, 0.2) is 39.5 Å². The Labute approximate surface area is 196 Å². The highest BCUT2D eigenvalue weighted by atomic mass is 35.5. The van der Waals surface area contributed by atoms with Gasteiger partial charge in [-0.3, -0.25) is 4.79 Å². The van der Waals surface area contributed by atoms with Gasteiger partial charge in [-0.1, -0.05) is 0 Å². The number of fused-ring (bicyclic) bond motifs is 1. The monoisotopic (exact) mass is 500 g/mol. The van der Waals surface area contributed by atoms with Gasteiger partial charge >= 0.3 is 0 Å². The molecule has 0 amide bonds. The molecule has 8 N–H and O–H groups in total. The molecule has 1 fully saturated rings. The predicted octanol–water partition coefficient (Wildman–Crippen LogP) is -0.166. The quantitative estimate of drug-likeness (QED) is 0.219. The first-order valence-corrected chi connectivity index (χ1v) is 9.64. The summed E-state index contributed by atoms with van der Waals surface area (Å²) < 4.78 is 16.7. The normalized spacial score (nSPS) is 24.5. The van der Waals surface area contributed by atoms with E-state index in [9.17, 15) is 45.6 Å². The molecule has 3 aliphatic rings. The third kappa shape index (κ3) is 4.42. The van der Waals surface area contributed by atoms with Crippen molar-refractivity contribution >= 4 is 12.4 Å². The molecule has 2 aliphatic heterocycles. The van der Waals surface area contributed by atoms with Gasteiger partial charge in [-0.2, -0.15) is 0 Å². The summed E-state index contributed by atoms with van der Waals surface area (Å²) in [5.41, 5.74) is -0.598. The second kappa shape index (κ2) is 9.54. The number of aliphatic hydroxyl groups is 4. The minimum absolute atomic E-state index is 0. The number of aliphatic hydroxyl groups excluding tert-OH is 4. The van der Waals surface area contributed by atoms with Gasteiger partial charge in [0.25, 0.3) is 0 Å². The number of benzene rings is 2. The first-order valence-electron chi connectivity index (χ1n) is 9.64. The van der Waals surface area contributed by atoms with Crippen LogP contribution in [0.2, 0.25) is 0 Å². The van der Waals surface area contributed by atoms with Crippen LogP contribution >= 0.6 is 12.4 Å². The number of aromatic hydroxyl groups is 4. The number of halogens is 1. The van der Waals surface area contributed by atoms with Crippen LogP contribution in [0.5, 0.6) is 28.7 Å². The SMILES string of the molecule is Cl.O=c1cc2oc(-c3cc(O)c(O)c(O)c3)c(O[C@@H]3O[C@H](CO)[C@@H](O)[C@H](O)[C@H]3O)cc-2c(O)c1. The van der Waals surface area contributed by atoms with Gasteiger partial charge in [0.1, 0.15) is 35.9 Å². The van der Waals surface area contributed by atoms with Crippen LogP contribution in [0.3, 0.4) is 0 Å². The standard InChI is InChI=1S/C21H20O12.ClH/c22-6-15-17(28)18(29)19(30)21(33-15)32-14-5-9-10(24)3-8(23)4-13(9)31-20(14)7-1-11(25)16(27)12(26)2-7;/h1-5,15,17-19,21-22,24-30H,6H2;1H/t15-,17-,18+,19-,21-;/m1./s1. The van der Waals surface area contributed by atoms with E-state index in [1.54, 1.807) is 0 Å². The van der Waals surface area contributed by atoms with Crippen molar-refractivity contribution in [2.24, 2.45) is 0 Å². The molecule has 184 valence electrons. The predicted molar refractivity (Wildman–Crippen MR) is 115 cm³/mol. The van der Waals surface area contributed by atoms with Crippen molar-refractivity contribution in [1.29, 1.82) is 0 Å². The van der Waals surface area contributed by atoms with E-state index in [0.717, 1.165) is 24.3 Å². The number of hydrogen-bond donors (Lipinski definition) is 8. The van der Waals surface area contributed by atoms with E-state index in [-0.39, 0.29) is 40.8 Å². The lowest BCUT2D eigenvalue weighted by atomic mass is 9.99. The summed E-state index contributed by atoms with van der Waals surface area (Å²) >= 11 is 0. The van der Waals surface area contributed by atoms with Crippen LogP contribution in [0.1, 0.15) is 0 Å². The minimum atomic E-state index is -1.77. The highest BCUT2D eigenvalue weighted by molar-refractivity contribution is 5.85. The maximum Gasteiger partial charge on any atom is 0.229 e. The van der Waals surface area contributed by atoms with Crippen LogP contribution in [0.25, 0.3) is 22.6 Å². The zero-order valence-electron chi connectivity index (χ0n) is 17.1. The molecule has 5 atom stereocenters. The van der Waals surface area contributed by atoms with Crippen molar-refractivity contribution in [2.75, 3.05) is 6.61 Å². The Morgan fingerprint density at radius 3 is 2.12 bits per heavy atom. The van der Waals surface area contributed by atoms with Crippen molar-refractivity contribution in [3.8, 4) is 51.4 Å². The lowest BCUT2D eigenvalue weighted by Crippen LogP contribution is -2.60. The fourth-order valence-corrected chi connectivity index (χ4v) is 3.49. The van der Waals surface area contributed by atoms with Gasteiger partial charge in [-0.05, 0) is 18.2 Å². The zero-order valence-corrected chi connectivity index (χ0v) is 17.9. The molecule has 1 aliphatic carbocycles. The Bertz CT molecular complexity index is 1190. The average Bonchev–Trinajstić information content (AvgIpc) is 2.77. The molecule has 1 saturated heterocycles. The number of hydrogen-bond acceptors (Lipinski definition) is 12. The lowest BCUT2D eigenvalue weighted by molar-refractivity contribution is -0.277. The Hall–Kier alpha value is -3.26. The molecule has 0 spiro atoms. The summed E-state index contributed by atoms with van der Waals surface area (Å²) in [7, 11) is 0. The van der Waals surface area contributed by atoms with E-state index >= 15 is 0 Å². The van der Waals surface area contributed by atoms with Crippen molar-refractivity contribution in [2.45, 2.75) is 30.7 Å². The highest BCUT2D eigenvalue weighted by Crippen LogP contribution is 2.45. The average molecular weight is 501 g/mol. The second-order valence-electron chi connectivity index (χ2n) is 7.47. The topological polar surface area (TPSA) is 211 Å². The Kier molecular flexibility index (Phi) is 7.12. The van der Waals surface area contributed by atoms with Crippen LogP contribution in [0, 0.1) is 0 Å². The number of phenols is 4. The molecule has 0 bridgehead atoms. The van der Waals surface area contributed by atoms with E-state index in [2.05, 4.69) is 0 Å². The summed E-state index contributed by atoms with van der Waals surface area (Å²) in [6.07, 6.45) is -8.04. The third-order valence-electron chi connectivity index (χ3n) is 5.23. The summed E-state index contributed by atoms with van der Waals surface area (Å²) in [5.74, 6) is -3.24. The van der Waals surface area contributed by atoms with Crippen LogP contribution in [0.4, 0.5) is 0 Å². The van der Waals surface area contributed by atoms with Crippen molar-refractivity contribution in [3.05, 3.63) is 40.6 Å². The van der Waals surface area contributed by atoms with Gasteiger partial charge in [0.05, 0.1) is 12.2 Å². The van der Waals surface area contributed by atoms with E-state index in [4.69, 9.17) is 13.9 Å². The molecule has 2 heterocycles. The molecule has 12 nitrogen and oxygen atoms in total. The molecule has 13 heteroatoms. The van der Waals surface area contributed by atoms with Gasteiger partial charge in [-0.25, -0.2) is 0 Å². The van der Waals surface area contributed by atoms with Gasteiger partial charge in [0, 0.05) is 17.7 Å². The van der Waals surface area contributed by atoms with Gasteiger partial charge in [0.2, 0.25) is 6.29 Å². The van der Waals surface area contributed by atoms with Crippen molar-refractivity contribution in [1.82, 2.24) is 0 Å². The van der Waals surface area contributed by atoms with E-state index in [1.807, 2.05) is 0 Å². The fourth-order valence-electron chi connectivity index (χ4n) is 3.49. The van der Waals surface area contributed by atoms with Crippen molar-refractivity contribution < 1.29 is 54.7 Å². The zero-order chi connectivity index (χ0) is 24.0. The summed E-state index contributed by atoms with van der Waals surface area (Å²) in [6, 6.07) is 5.23. The van der Waals surface area contributed by atoms with E-state index in [1.165, 1.54) is 6.07 Å². The van der Waals surface area contributed by atoms with Crippen molar-refractivity contribution in [3.63, 3.8) is 0 Å². The summed E-state index contributed by atoms with van der Waals surface area (Å²) in [5, 5.41) is 79.2. The van der Waals surface area contributed by atoms with Gasteiger partial charge in [-0.15, -0.1) is 12.4 Å². The number of ether oxygens (including phenoxy) is 2. The van der Waals surface area contributed by atoms with Gasteiger partial charge < -0.3 is 54.7 Å². The molecule has 0 unspecified atom stereocenters. The first kappa shape index (κ1) is 25.4. The molecule has 1 aromatic carbocycles. The Balaban J connectivity index is 0.00000324. The van der Waals surface area contributed by atoms with E-state index < -0.39 is 65.7 Å². The molecular formula is C21H21ClO12. The van der Waals surface area contributed by atoms with E-state index in [0.29, 0.717) is 0 Å². The minimum Gasteiger partial charge on any atom is -0.507 e. The third-order valence-corrected chi connectivity index (χ3v) is 5.23. The molecule has 0 aromatic heterocycles.